The van der Waals surface area contributed by atoms with Crippen LogP contribution in [-0.2, 0) is 11.2 Å². The molecular formula is C26H27BrN4O. The lowest BCUT2D eigenvalue weighted by atomic mass is 9.99. The molecule has 0 saturated carbocycles. The third-order valence-corrected chi connectivity index (χ3v) is 6.57. The Morgan fingerprint density at radius 1 is 0.969 bits per heavy atom. The SMILES string of the molecule is Cc1ccc(-n2nc(C)c3c(C)c(CCC(=O)Nc4ccc(Br)cc4)c(C)nc32)cc1C. The molecule has 2 aromatic carbocycles. The van der Waals surface area contributed by atoms with Gasteiger partial charge in [0.1, 0.15) is 0 Å². The molecule has 2 aromatic heterocycles. The Bertz CT molecular complexity index is 1320. The first-order chi connectivity index (χ1) is 15.2. The van der Waals surface area contributed by atoms with Crippen LogP contribution < -0.4 is 5.32 Å². The van der Waals surface area contributed by atoms with E-state index in [1.807, 2.05) is 42.8 Å². The van der Waals surface area contributed by atoms with Gasteiger partial charge in [0, 0.05) is 27.7 Å². The van der Waals surface area contributed by atoms with Crippen LogP contribution in [0.3, 0.4) is 0 Å². The van der Waals surface area contributed by atoms with Crippen molar-refractivity contribution in [1.82, 2.24) is 14.8 Å². The second kappa shape index (κ2) is 8.87. The summed E-state index contributed by atoms with van der Waals surface area (Å²) in [6.45, 7) is 10.4. The zero-order valence-corrected chi connectivity index (χ0v) is 20.7. The maximum absolute atomic E-state index is 12.5. The Hall–Kier alpha value is -2.99. The molecule has 0 saturated heterocycles. The summed E-state index contributed by atoms with van der Waals surface area (Å²) in [7, 11) is 0. The van der Waals surface area contributed by atoms with Gasteiger partial charge in [-0.2, -0.15) is 5.10 Å². The van der Waals surface area contributed by atoms with E-state index in [4.69, 9.17) is 10.1 Å². The predicted molar refractivity (Wildman–Crippen MR) is 134 cm³/mol. The van der Waals surface area contributed by atoms with Crippen LogP contribution in [0.2, 0.25) is 0 Å². The maximum Gasteiger partial charge on any atom is 0.224 e. The number of hydrogen-bond donors (Lipinski definition) is 1. The average molecular weight is 491 g/mol. The van der Waals surface area contributed by atoms with Crippen LogP contribution in [0.15, 0.2) is 46.9 Å². The molecule has 0 bridgehead atoms. The Morgan fingerprint density at radius 2 is 1.69 bits per heavy atom. The van der Waals surface area contributed by atoms with Crippen molar-refractivity contribution in [3.8, 4) is 5.69 Å². The second-order valence-corrected chi connectivity index (χ2v) is 9.24. The number of nitrogens with one attached hydrogen (secondary N) is 1. The van der Waals surface area contributed by atoms with E-state index >= 15 is 0 Å². The summed E-state index contributed by atoms with van der Waals surface area (Å²) >= 11 is 3.41. The monoisotopic (exact) mass is 490 g/mol. The van der Waals surface area contributed by atoms with Gasteiger partial charge >= 0.3 is 0 Å². The Kier molecular flexibility index (Phi) is 6.15. The minimum absolute atomic E-state index is 0.00577. The van der Waals surface area contributed by atoms with Crippen LogP contribution in [0.1, 0.15) is 40.1 Å². The van der Waals surface area contributed by atoms with Crippen molar-refractivity contribution < 1.29 is 4.79 Å². The lowest BCUT2D eigenvalue weighted by Gasteiger charge is -2.12. The van der Waals surface area contributed by atoms with Crippen molar-refractivity contribution in [1.29, 1.82) is 0 Å². The minimum Gasteiger partial charge on any atom is -0.326 e. The standard InChI is InChI=1S/C26H27BrN4O/c1-15-6-11-22(14-16(15)2)31-26-25(19(5)30-31)17(3)23(18(4)28-26)12-13-24(32)29-21-9-7-20(27)8-10-21/h6-11,14H,12-13H2,1-5H3,(H,29,32). The van der Waals surface area contributed by atoms with Crippen LogP contribution in [-0.4, -0.2) is 20.7 Å². The summed E-state index contributed by atoms with van der Waals surface area (Å²) in [6.07, 6.45) is 1.03. The molecule has 0 atom stereocenters. The number of nitrogens with zero attached hydrogens (tertiary/aromatic N) is 3. The molecule has 0 aliphatic rings. The van der Waals surface area contributed by atoms with Gasteiger partial charge in [-0.15, -0.1) is 0 Å². The van der Waals surface area contributed by atoms with E-state index < -0.39 is 0 Å². The number of halogens is 1. The van der Waals surface area contributed by atoms with E-state index in [0.29, 0.717) is 12.8 Å². The van der Waals surface area contributed by atoms with Crippen LogP contribution in [0, 0.1) is 34.6 Å². The smallest absolute Gasteiger partial charge is 0.224 e. The molecule has 0 aliphatic heterocycles. The normalized spacial score (nSPS) is 11.2. The van der Waals surface area contributed by atoms with Gasteiger partial charge in [0.25, 0.3) is 0 Å². The number of benzene rings is 2. The van der Waals surface area contributed by atoms with E-state index in [0.717, 1.165) is 49.4 Å². The lowest BCUT2D eigenvalue weighted by Crippen LogP contribution is -2.13. The molecule has 32 heavy (non-hydrogen) atoms. The van der Waals surface area contributed by atoms with E-state index in [1.165, 1.54) is 11.1 Å². The fourth-order valence-corrected chi connectivity index (χ4v) is 4.37. The number of fused-ring (bicyclic) bond motifs is 1. The predicted octanol–water partition coefficient (Wildman–Crippen LogP) is 6.30. The highest BCUT2D eigenvalue weighted by molar-refractivity contribution is 9.10. The number of carbonyl (C=O) groups excluding carboxylic acids is 1. The van der Waals surface area contributed by atoms with Gasteiger partial charge in [-0.05, 0) is 99.7 Å². The Balaban J connectivity index is 1.62. The molecule has 2 heterocycles. The maximum atomic E-state index is 12.5. The summed E-state index contributed by atoms with van der Waals surface area (Å²) in [5, 5.41) is 8.84. The van der Waals surface area contributed by atoms with E-state index in [1.54, 1.807) is 0 Å². The number of aromatic nitrogens is 3. The average Bonchev–Trinajstić information content (AvgIpc) is 3.07. The molecule has 0 unspecified atom stereocenters. The summed E-state index contributed by atoms with van der Waals surface area (Å²) in [4.78, 5) is 17.4. The van der Waals surface area contributed by atoms with Gasteiger partial charge in [0.05, 0.1) is 11.4 Å². The minimum atomic E-state index is -0.00577. The fraction of sp³-hybridized carbons (Fsp3) is 0.269. The van der Waals surface area contributed by atoms with Crippen LogP contribution >= 0.6 is 15.9 Å². The quantitative estimate of drug-likeness (QED) is 0.357. The van der Waals surface area contributed by atoms with Gasteiger partial charge < -0.3 is 5.32 Å². The largest absolute Gasteiger partial charge is 0.326 e. The molecule has 0 aliphatic carbocycles. The molecule has 0 spiro atoms. The molecule has 0 radical (unpaired) electrons. The van der Waals surface area contributed by atoms with Gasteiger partial charge in [0.15, 0.2) is 5.65 Å². The van der Waals surface area contributed by atoms with Crippen molar-refractivity contribution >= 4 is 38.6 Å². The second-order valence-electron chi connectivity index (χ2n) is 8.32. The molecule has 164 valence electrons. The number of rotatable bonds is 5. The lowest BCUT2D eigenvalue weighted by molar-refractivity contribution is -0.116. The highest BCUT2D eigenvalue weighted by Crippen LogP contribution is 2.29. The van der Waals surface area contributed by atoms with Crippen molar-refractivity contribution in [2.24, 2.45) is 0 Å². The number of carbonyl (C=O) groups is 1. The first-order valence-corrected chi connectivity index (χ1v) is 11.5. The number of aryl methyl sites for hydroxylation is 5. The van der Waals surface area contributed by atoms with Gasteiger partial charge in [-0.25, -0.2) is 9.67 Å². The Morgan fingerprint density at radius 3 is 2.38 bits per heavy atom. The fourth-order valence-electron chi connectivity index (χ4n) is 4.11. The molecule has 1 amide bonds. The van der Waals surface area contributed by atoms with E-state index in [-0.39, 0.29) is 5.91 Å². The summed E-state index contributed by atoms with van der Waals surface area (Å²) in [6, 6.07) is 13.9. The van der Waals surface area contributed by atoms with Crippen LogP contribution in [0.4, 0.5) is 5.69 Å². The topological polar surface area (TPSA) is 59.8 Å². The van der Waals surface area contributed by atoms with Crippen LogP contribution in [0.25, 0.3) is 16.7 Å². The van der Waals surface area contributed by atoms with Gasteiger partial charge in [0.2, 0.25) is 5.91 Å². The number of amides is 1. The van der Waals surface area contributed by atoms with Crippen LogP contribution in [0.5, 0.6) is 0 Å². The highest BCUT2D eigenvalue weighted by Gasteiger charge is 2.18. The zero-order valence-electron chi connectivity index (χ0n) is 19.1. The summed E-state index contributed by atoms with van der Waals surface area (Å²) in [5.41, 5.74) is 9.31. The van der Waals surface area contributed by atoms with E-state index in [9.17, 15) is 4.79 Å². The molecule has 0 fully saturated rings. The third kappa shape index (κ3) is 4.32. The van der Waals surface area contributed by atoms with Crippen molar-refractivity contribution in [2.75, 3.05) is 5.32 Å². The summed E-state index contributed by atoms with van der Waals surface area (Å²) in [5.74, 6) is -0.00577. The highest BCUT2D eigenvalue weighted by atomic mass is 79.9. The Labute approximate surface area is 197 Å². The molecular weight excluding hydrogens is 464 g/mol. The first-order valence-electron chi connectivity index (χ1n) is 10.7. The summed E-state index contributed by atoms with van der Waals surface area (Å²) < 4.78 is 2.92. The number of hydrogen-bond acceptors (Lipinski definition) is 3. The molecule has 6 heteroatoms. The number of pyridine rings is 1. The molecule has 4 aromatic rings. The third-order valence-electron chi connectivity index (χ3n) is 6.04. The van der Waals surface area contributed by atoms with Crippen molar-refractivity contribution in [2.45, 2.75) is 47.5 Å². The van der Waals surface area contributed by atoms with Gasteiger partial charge in [-0.3, -0.25) is 4.79 Å². The molecule has 1 N–H and O–H groups in total. The van der Waals surface area contributed by atoms with Crippen molar-refractivity contribution in [3.05, 3.63) is 80.6 Å². The first kappa shape index (κ1) is 22.2. The van der Waals surface area contributed by atoms with E-state index in [2.05, 4.69) is 60.2 Å². The van der Waals surface area contributed by atoms with Gasteiger partial charge in [-0.1, -0.05) is 22.0 Å². The molecule has 5 nitrogen and oxygen atoms in total. The number of anilines is 1. The van der Waals surface area contributed by atoms with Crippen molar-refractivity contribution in [3.63, 3.8) is 0 Å². The molecule has 4 rings (SSSR count). The zero-order chi connectivity index (χ0) is 23.0.